The van der Waals surface area contributed by atoms with Crippen molar-refractivity contribution in [1.82, 2.24) is 0 Å². The number of unbranched alkanes of at least 4 members (excludes halogenated alkanes) is 2. The molecule has 6 heteroatoms. The van der Waals surface area contributed by atoms with Crippen LogP contribution in [-0.4, -0.2) is 32.4 Å². The number of alkyl halides is 1. The van der Waals surface area contributed by atoms with Gasteiger partial charge in [-0.2, -0.15) is 8.42 Å². The van der Waals surface area contributed by atoms with Gasteiger partial charge in [-0.1, -0.05) is 43.9 Å². The second-order valence-electron chi connectivity index (χ2n) is 5.13. The highest BCUT2D eigenvalue weighted by Crippen LogP contribution is 2.16. The number of hydrogen-bond acceptors (Lipinski definition) is 4. The maximum absolute atomic E-state index is 13.6. The molecule has 0 saturated heterocycles. The standard InChI is InChI=1S/C15H23FO4S/c1-3-4-5-6-14(16)15(17)11-20-21(18,19)13-9-7-12(2)8-10-13/h7-10,14-15,17H,3-6,11H2,1-2H3. The minimum atomic E-state index is -3.96. The molecule has 1 rings (SSSR count). The Bertz CT molecular complexity index is 513. The topological polar surface area (TPSA) is 63.6 Å². The summed E-state index contributed by atoms with van der Waals surface area (Å²) >= 11 is 0. The first-order valence-electron chi connectivity index (χ1n) is 7.15. The fraction of sp³-hybridized carbons (Fsp3) is 0.600. The van der Waals surface area contributed by atoms with E-state index in [0.29, 0.717) is 6.42 Å². The number of aryl methyl sites for hydroxylation is 1. The van der Waals surface area contributed by atoms with Gasteiger partial charge < -0.3 is 5.11 Å². The van der Waals surface area contributed by atoms with E-state index in [9.17, 15) is 17.9 Å². The van der Waals surface area contributed by atoms with E-state index < -0.39 is 29.0 Å². The molecule has 0 fully saturated rings. The van der Waals surface area contributed by atoms with E-state index in [-0.39, 0.29) is 11.3 Å². The van der Waals surface area contributed by atoms with Crippen LogP contribution in [-0.2, 0) is 14.3 Å². The number of halogens is 1. The quantitative estimate of drug-likeness (QED) is 0.561. The van der Waals surface area contributed by atoms with Crippen LogP contribution in [0.2, 0.25) is 0 Å². The van der Waals surface area contributed by atoms with Crippen molar-refractivity contribution in [3.63, 3.8) is 0 Å². The molecule has 0 aliphatic carbocycles. The molecule has 21 heavy (non-hydrogen) atoms. The van der Waals surface area contributed by atoms with Gasteiger partial charge in [0, 0.05) is 0 Å². The van der Waals surface area contributed by atoms with Crippen molar-refractivity contribution in [2.75, 3.05) is 6.61 Å². The number of hydrogen-bond donors (Lipinski definition) is 1. The molecule has 1 aromatic rings. The van der Waals surface area contributed by atoms with Gasteiger partial charge in [-0.3, -0.25) is 4.18 Å². The van der Waals surface area contributed by atoms with Crippen LogP contribution in [0, 0.1) is 6.92 Å². The van der Waals surface area contributed by atoms with Gasteiger partial charge in [0.25, 0.3) is 10.1 Å². The molecule has 1 aromatic carbocycles. The van der Waals surface area contributed by atoms with Crippen LogP contribution < -0.4 is 0 Å². The minimum absolute atomic E-state index is 0.00157. The SMILES string of the molecule is CCCCCC(F)C(O)COS(=O)(=O)c1ccc(C)cc1. The molecule has 0 spiro atoms. The molecular weight excluding hydrogens is 295 g/mol. The van der Waals surface area contributed by atoms with Gasteiger partial charge in [0.2, 0.25) is 0 Å². The van der Waals surface area contributed by atoms with E-state index in [2.05, 4.69) is 0 Å². The van der Waals surface area contributed by atoms with E-state index in [1.165, 1.54) is 12.1 Å². The average molecular weight is 318 g/mol. The van der Waals surface area contributed by atoms with E-state index in [1.54, 1.807) is 12.1 Å². The van der Waals surface area contributed by atoms with Crippen LogP contribution >= 0.6 is 0 Å². The monoisotopic (exact) mass is 318 g/mol. The van der Waals surface area contributed by atoms with Crippen molar-refractivity contribution in [3.05, 3.63) is 29.8 Å². The van der Waals surface area contributed by atoms with Crippen LogP contribution in [0.1, 0.15) is 38.2 Å². The van der Waals surface area contributed by atoms with Gasteiger partial charge in [0.15, 0.2) is 0 Å². The third kappa shape index (κ3) is 6.11. The van der Waals surface area contributed by atoms with E-state index >= 15 is 0 Å². The average Bonchev–Trinajstić information content (AvgIpc) is 2.45. The highest BCUT2D eigenvalue weighted by molar-refractivity contribution is 7.86. The predicted octanol–water partition coefficient (Wildman–Crippen LogP) is 2.98. The summed E-state index contributed by atoms with van der Waals surface area (Å²) in [7, 11) is -3.96. The van der Waals surface area contributed by atoms with E-state index in [1.807, 2.05) is 13.8 Å². The highest BCUT2D eigenvalue weighted by Gasteiger charge is 2.22. The molecule has 0 aliphatic rings. The molecular formula is C15H23FO4S. The molecule has 0 amide bonds. The number of aliphatic hydroxyl groups is 1. The van der Waals surface area contributed by atoms with Gasteiger partial charge in [-0.25, -0.2) is 4.39 Å². The first-order chi connectivity index (χ1) is 9.86. The zero-order chi connectivity index (χ0) is 15.9. The first kappa shape index (κ1) is 18.1. The Morgan fingerprint density at radius 3 is 2.43 bits per heavy atom. The molecule has 0 aromatic heterocycles. The maximum Gasteiger partial charge on any atom is 0.297 e. The Morgan fingerprint density at radius 1 is 1.24 bits per heavy atom. The lowest BCUT2D eigenvalue weighted by Gasteiger charge is -2.15. The molecule has 1 N–H and O–H groups in total. The van der Waals surface area contributed by atoms with E-state index in [4.69, 9.17) is 4.18 Å². The smallest absolute Gasteiger partial charge is 0.297 e. The zero-order valence-corrected chi connectivity index (χ0v) is 13.3. The Hall–Kier alpha value is -0.980. The summed E-state index contributed by atoms with van der Waals surface area (Å²) in [4.78, 5) is 0.00157. The number of aliphatic hydroxyl groups excluding tert-OH is 1. The Kier molecular flexibility index (Phi) is 7.28. The lowest BCUT2D eigenvalue weighted by molar-refractivity contribution is 0.0342. The Morgan fingerprint density at radius 2 is 1.86 bits per heavy atom. The van der Waals surface area contributed by atoms with Gasteiger partial charge in [0.05, 0.1) is 11.5 Å². The van der Waals surface area contributed by atoms with Crippen LogP contribution in [0.15, 0.2) is 29.2 Å². The summed E-state index contributed by atoms with van der Waals surface area (Å²) in [6, 6.07) is 6.14. The normalized spacial score (nSPS) is 14.9. The van der Waals surface area contributed by atoms with Crippen molar-refractivity contribution in [1.29, 1.82) is 0 Å². The zero-order valence-electron chi connectivity index (χ0n) is 12.5. The summed E-state index contributed by atoms with van der Waals surface area (Å²) in [5.74, 6) is 0. The van der Waals surface area contributed by atoms with Crippen molar-refractivity contribution in [2.24, 2.45) is 0 Å². The second-order valence-corrected chi connectivity index (χ2v) is 6.75. The third-order valence-electron chi connectivity index (χ3n) is 3.20. The summed E-state index contributed by atoms with van der Waals surface area (Å²) in [5, 5.41) is 9.61. The van der Waals surface area contributed by atoms with Crippen molar-refractivity contribution >= 4 is 10.1 Å². The Balaban J connectivity index is 2.51. The minimum Gasteiger partial charge on any atom is -0.388 e. The summed E-state index contributed by atoms with van der Waals surface area (Å²) in [6.07, 6.45) is -0.175. The third-order valence-corrected chi connectivity index (χ3v) is 4.50. The molecule has 2 unspecified atom stereocenters. The largest absolute Gasteiger partial charge is 0.388 e. The molecule has 4 nitrogen and oxygen atoms in total. The number of benzene rings is 1. The fourth-order valence-corrected chi connectivity index (χ4v) is 2.74. The van der Waals surface area contributed by atoms with Crippen LogP contribution in [0.5, 0.6) is 0 Å². The second kappa shape index (κ2) is 8.46. The van der Waals surface area contributed by atoms with Crippen LogP contribution in [0.25, 0.3) is 0 Å². The van der Waals surface area contributed by atoms with Gasteiger partial charge in [-0.05, 0) is 25.5 Å². The summed E-state index contributed by atoms with van der Waals surface area (Å²) in [5.41, 5.74) is 0.925. The van der Waals surface area contributed by atoms with Crippen LogP contribution in [0.3, 0.4) is 0 Å². The number of rotatable bonds is 9. The van der Waals surface area contributed by atoms with Crippen molar-refractivity contribution < 1.29 is 22.1 Å². The molecule has 0 saturated carbocycles. The molecule has 120 valence electrons. The predicted molar refractivity (Wildman–Crippen MR) is 79.4 cm³/mol. The van der Waals surface area contributed by atoms with Crippen LogP contribution in [0.4, 0.5) is 4.39 Å². The lowest BCUT2D eigenvalue weighted by Crippen LogP contribution is -2.28. The summed E-state index contributed by atoms with van der Waals surface area (Å²) < 4.78 is 42.1. The molecule has 0 heterocycles. The fourth-order valence-electron chi connectivity index (χ4n) is 1.82. The van der Waals surface area contributed by atoms with Crippen molar-refractivity contribution in [3.8, 4) is 0 Å². The summed E-state index contributed by atoms with van der Waals surface area (Å²) in [6.45, 7) is 3.27. The molecule has 0 radical (unpaired) electrons. The first-order valence-corrected chi connectivity index (χ1v) is 8.56. The van der Waals surface area contributed by atoms with Crippen molar-refractivity contribution in [2.45, 2.75) is 56.7 Å². The molecule has 0 aliphatic heterocycles. The Labute approximate surface area is 126 Å². The lowest BCUT2D eigenvalue weighted by atomic mass is 10.1. The van der Waals surface area contributed by atoms with E-state index in [0.717, 1.165) is 18.4 Å². The van der Waals surface area contributed by atoms with Gasteiger partial charge >= 0.3 is 0 Å². The van der Waals surface area contributed by atoms with Gasteiger partial charge in [0.1, 0.15) is 12.3 Å². The molecule has 0 bridgehead atoms. The molecule has 2 atom stereocenters. The maximum atomic E-state index is 13.6. The van der Waals surface area contributed by atoms with Gasteiger partial charge in [-0.15, -0.1) is 0 Å². The highest BCUT2D eigenvalue weighted by atomic mass is 32.2.